The molecule has 0 amide bonds. The summed E-state index contributed by atoms with van der Waals surface area (Å²) < 4.78 is 5.40. The fourth-order valence-corrected chi connectivity index (χ4v) is 3.25. The highest BCUT2D eigenvalue weighted by Crippen LogP contribution is 2.30. The highest BCUT2D eigenvalue weighted by Gasteiger charge is 2.38. The van der Waals surface area contributed by atoms with Gasteiger partial charge in [-0.15, -0.1) is 0 Å². The van der Waals surface area contributed by atoms with Crippen LogP contribution in [-0.2, 0) is 9.53 Å². The summed E-state index contributed by atoms with van der Waals surface area (Å²) >= 11 is 0. The zero-order chi connectivity index (χ0) is 12.8. The Morgan fingerprint density at radius 1 is 1.33 bits per heavy atom. The molecule has 1 unspecified atom stereocenters. The molecule has 0 bridgehead atoms. The molecule has 104 valence electrons. The molecule has 1 aliphatic carbocycles. The van der Waals surface area contributed by atoms with Crippen LogP contribution in [0.5, 0.6) is 0 Å². The number of aliphatic hydroxyl groups is 1. The minimum Gasteiger partial charge on any atom is -0.395 e. The Morgan fingerprint density at radius 3 is 2.67 bits per heavy atom. The number of hydrogen-bond acceptors (Lipinski definition) is 4. The summed E-state index contributed by atoms with van der Waals surface area (Å²) in [5.74, 6) is 0. The van der Waals surface area contributed by atoms with Crippen molar-refractivity contribution in [1.29, 1.82) is 0 Å². The summed E-state index contributed by atoms with van der Waals surface area (Å²) in [6, 6.07) is 0.545. The summed E-state index contributed by atoms with van der Waals surface area (Å²) in [7, 11) is 0. The first-order chi connectivity index (χ1) is 8.79. The number of aliphatic hydroxyl groups excluding tert-OH is 1. The second-order valence-electron chi connectivity index (χ2n) is 5.77. The third-order valence-corrected chi connectivity index (χ3v) is 4.38. The van der Waals surface area contributed by atoms with Crippen LogP contribution in [0.3, 0.4) is 0 Å². The van der Waals surface area contributed by atoms with E-state index in [9.17, 15) is 9.90 Å². The lowest BCUT2D eigenvalue weighted by Gasteiger charge is -2.38. The van der Waals surface area contributed by atoms with Crippen LogP contribution in [0.15, 0.2) is 0 Å². The first-order valence-corrected chi connectivity index (χ1v) is 7.19. The quantitative estimate of drug-likeness (QED) is 0.725. The molecule has 4 heteroatoms. The molecule has 0 radical (unpaired) electrons. The number of carbonyl (C=O) groups excluding carboxylic acids is 1. The lowest BCUT2D eigenvalue weighted by atomic mass is 9.86. The molecule has 1 saturated heterocycles. The minimum atomic E-state index is -0.327. The van der Waals surface area contributed by atoms with Gasteiger partial charge in [0.15, 0.2) is 0 Å². The van der Waals surface area contributed by atoms with Gasteiger partial charge < -0.3 is 14.6 Å². The molecule has 2 rings (SSSR count). The zero-order valence-corrected chi connectivity index (χ0v) is 11.1. The van der Waals surface area contributed by atoms with E-state index in [0.29, 0.717) is 25.8 Å². The van der Waals surface area contributed by atoms with E-state index in [1.807, 2.05) is 0 Å². The smallest absolute Gasteiger partial charge is 0.129 e. The fraction of sp³-hybridized carbons (Fsp3) is 0.929. The van der Waals surface area contributed by atoms with Crippen LogP contribution in [-0.4, -0.2) is 55.2 Å². The maximum Gasteiger partial charge on any atom is 0.129 e. The standard InChI is InChI=1S/C14H25NO3/c16-8-7-15(13-4-2-1-3-5-13)10-14(11-17)6-9-18-12-14/h11,13,16H,1-10,12H2. The molecule has 0 aromatic rings. The van der Waals surface area contributed by atoms with Crippen molar-refractivity contribution < 1.29 is 14.6 Å². The Bertz CT molecular complexity index is 258. The predicted molar refractivity (Wildman–Crippen MR) is 69.5 cm³/mol. The van der Waals surface area contributed by atoms with Gasteiger partial charge in [0.2, 0.25) is 0 Å². The monoisotopic (exact) mass is 255 g/mol. The van der Waals surface area contributed by atoms with Crippen LogP contribution in [0, 0.1) is 5.41 Å². The van der Waals surface area contributed by atoms with Crippen molar-refractivity contribution in [2.45, 2.75) is 44.6 Å². The van der Waals surface area contributed by atoms with Gasteiger partial charge in [0.05, 0.1) is 18.6 Å². The first kappa shape index (κ1) is 14.0. The molecule has 1 atom stereocenters. The Labute approximate surface area is 109 Å². The highest BCUT2D eigenvalue weighted by atomic mass is 16.5. The molecule has 2 aliphatic rings. The van der Waals surface area contributed by atoms with Gasteiger partial charge in [-0.3, -0.25) is 4.90 Å². The Kier molecular flexibility index (Phi) is 5.15. The molecule has 0 aromatic carbocycles. The van der Waals surface area contributed by atoms with Crippen LogP contribution in [0.4, 0.5) is 0 Å². The third-order valence-electron chi connectivity index (χ3n) is 4.38. The molecule has 1 N–H and O–H groups in total. The van der Waals surface area contributed by atoms with Crippen molar-refractivity contribution in [2.75, 3.05) is 32.9 Å². The van der Waals surface area contributed by atoms with Crippen LogP contribution in [0.25, 0.3) is 0 Å². The number of aldehydes is 1. The number of rotatable bonds is 6. The van der Waals surface area contributed by atoms with Crippen LogP contribution >= 0.6 is 0 Å². The second kappa shape index (κ2) is 6.64. The molecule has 2 fully saturated rings. The Morgan fingerprint density at radius 2 is 2.11 bits per heavy atom. The van der Waals surface area contributed by atoms with Crippen molar-refractivity contribution in [2.24, 2.45) is 5.41 Å². The average molecular weight is 255 g/mol. The topological polar surface area (TPSA) is 49.8 Å². The molecule has 1 saturated carbocycles. The van der Waals surface area contributed by atoms with Crippen molar-refractivity contribution in [3.63, 3.8) is 0 Å². The summed E-state index contributed by atoms with van der Waals surface area (Å²) in [4.78, 5) is 13.7. The molecule has 1 aliphatic heterocycles. The van der Waals surface area contributed by atoms with Gasteiger partial charge in [0, 0.05) is 25.7 Å². The fourth-order valence-electron chi connectivity index (χ4n) is 3.25. The SMILES string of the molecule is O=CC1(CN(CCO)C2CCCCC2)CCOC1. The van der Waals surface area contributed by atoms with Crippen molar-refractivity contribution >= 4 is 6.29 Å². The highest BCUT2D eigenvalue weighted by molar-refractivity contribution is 5.60. The van der Waals surface area contributed by atoms with Gasteiger partial charge in [-0.1, -0.05) is 19.3 Å². The maximum absolute atomic E-state index is 11.4. The van der Waals surface area contributed by atoms with Gasteiger partial charge in [0.25, 0.3) is 0 Å². The van der Waals surface area contributed by atoms with E-state index in [-0.39, 0.29) is 12.0 Å². The molecular formula is C14H25NO3. The van der Waals surface area contributed by atoms with Crippen molar-refractivity contribution in [3.8, 4) is 0 Å². The second-order valence-corrected chi connectivity index (χ2v) is 5.77. The molecule has 0 aromatic heterocycles. The van der Waals surface area contributed by atoms with Crippen LogP contribution < -0.4 is 0 Å². The number of ether oxygens (including phenoxy) is 1. The lowest BCUT2D eigenvalue weighted by molar-refractivity contribution is -0.118. The van der Waals surface area contributed by atoms with Crippen molar-refractivity contribution in [1.82, 2.24) is 4.90 Å². The van der Waals surface area contributed by atoms with E-state index >= 15 is 0 Å². The van der Waals surface area contributed by atoms with E-state index in [1.165, 1.54) is 32.1 Å². The molecule has 18 heavy (non-hydrogen) atoms. The number of nitrogens with zero attached hydrogens (tertiary/aromatic N) is 1. The van der Waals surface area contributed by atoms with Crippen molar-refractivity contribution in [3.05, 3.63) is 0 Å². The van der Waals surface area contributed by atoms with Gasteiger partial charge in [-0.2, -0.15) is 0 Å². The lowest BCUT2D eigenvalue weighted by Crippen LogP contribution is -2.46. The summed E-state index contributed by atoms with van der Waals surface area (Å²) in [5.41, 5.74) is -0.327. The zero-order valence-electron chi connectivity index (χ0n) is 11.1. The van der Waals surface area contributed by atoms with Crippen LogP contribution in [0.1, 0.15) is 38.5 Å². The maximum atomic E-state index is 11.4. The van der Waals surface area contributed by atoms with Gasteiger partial charge >= 0.3 is 0 Å². The average Bonchev–Trinajstić information content (AvgIpc) is 2.89. The molecule has 4 nitrogen and oxygen atoms in total. The number of carbonyl (C=O) groups is 1. The van der Waals surface area contributed by atoms with E-state index in [4.69, 9.17) is 4.74 Å². The predicted octanol–water partition coefficient (Wildman–Crippen LogP) is 1.22. The van der Waals surface area contributed by atoms with Crippen LogP contribution in [0.2, 0.25) is 0 Å². The molecule has 0 spiro atoms. The van der Waals surface area contributed by atoms with E-state index in [0.717, 1.165) is 19.3 Å². The minimum absolute atomic E-state index is 0.173. The third kappa shape index (κ3) is 3.31. The van der Waals surface area contributed by atoms with Gasteiger partial charge in [0.1, 0.15) is 6.29 Å². The summed E-state index contributed by atoms with van der Waals surface area (Å²) in [5, 5.41) is 9.24. The Balaban J connectivity index is 1.97. The normalized spacial score (nSPS) is 29.9. The largest absolute Gasteiger partial charge is 0.395 e. The summed E-state index contributed by atoms with van der Waals surface area (Å²) in [6.07, 6.45) is 8.18. The van der Waals surface area contributed by atoms with Gasteiger partial charge in [-0.05, 0) is 19.3 Å². The molecular weight excluding hydrogens is 230 g/mol. The van der Waals surface area contributed by atoms with E-state index in [2.05, 4.69) is 4.90 Å². The van der Waals surface area contributed by atoms with E-state index in [1.54, 1.807) is 0 Å². The van der Waals surface area contributed by atoms with Gasteiger partial charge in [-0.25, -0.2) is 0 Å². The summed E-state index contributed by atoms with van der Waals surface area (Å²) in [6.45, 7) is 2.84. The number of hydrogen-bond donors (Lipinski definition) is 1. The van der Waals surface area contributed by atoms with E-state index < -0.39 is 0 Å². The first-order valence-electron chi connectivity index (χ1n) is 7.19. The Hall–Kier alpha value is -0.450. The molecule has 1 heterocycles.